The standard InChI is InChI=1S/C21H19N5O3S/c1-3-26-18-17(20(28)25-21(26)29)13(9-15(24-18)11-4-5-11)19(27)23-12-6-7-14-16(8-12)30-10(2)22-14/h6-9,11H,3-5H2,1-2H3,(H,23,27)(H,25,28,29). The van der Waals surface area contributed by atoms with E-state index < -0.39 is 17.2 Å². The molecular weight excluding hydrogens is 402 g/mol. The van der Waals surface area contributed by atoms with Gasteiger partial charge in [-0.25, -0.2) is 14.8 Å². The molecule has 8 nitrogen and oxygen atoms in total. The molecule has 0 atom stereocenters. The molecule has 9 heteroatoms. The number of amides is 1. The van der Waals surface area contributed by atoms with Crippen molar-refractivity contribution in [3.05, 3.63) is 61.4 Å². The van der Waals surface area contributed by atoms with Gasteiger partial charge in [-0.2, -0.15) is 0 Å². The minimum Gasteiger partial charge on any atom is -0.322 e. The van der Waals surface area contributed by atoms with Crippen molar-refractivity contribution < 1.29 is 4.79 Å². The van der Waals surface area contributed by atoms with E-state index in [1.165, 1.54) is 4.57 Å². The average molecular weight is 421 g/mol. The molecule has 1 amide bonds. The zero-order valence-electron chi connectivity index (χ0n) is 16.5. The van der Waals surface area contributed by atoms with E-state index in [4.69, 9.17) is 0 Å². The summed E-state index contributed by atoms with van der Waals surface area (Å²) in [6.45, 7) is 4.08. The number of anilines is 1. The van der Waals surface area contributed by atoms with Gasteiger partial charge in [0.1, 0.15) is 0 Å². The molecule has 0 aliphatic heterocycles. The Labute approximate surface area is 174 Å². The van der Waals surface area contributed by atoms with Crippen molar-refractivity contribution in [3.8, 4) is 0 Å². The third-order valence-electron chi connectivity index (χ3n) is 5.28. The van der Waals surface area contributed by atoms with Crippen LogP contribution < -0.4 is 16.6 Å². The van der Waals surface area contributed by atoms with Crippen LogP contribution in [0.25, 0.3) is 21.3 Å². The largest absolute Gasteiger partial charge is 0.329 e. The molecule has 1 fully saturated rings. The first-order valence-electron chi connectivity index (χ1n) is 9.81. The summed E-state index contributed by atoms with van der Waals surface area (Å²) in [6, 6.07) is 7.20. The van der Waals surface area contributed by atoms with Gasteiger partial charge in [-0.15, -0.1) is 11.3 Å². The van der Waals surface area contributed by atoms with E-state index in [2.05, 4.69) is 20.3 Å². The van der Waals surface area contributed by atoms with Crippen LogP contribution in [0.5, 0.6) is 0 Å². The second-order valence-electron chi connectivity index (χ2n) is 7.44. The van der Waals surface area contributed by atoms with Crippen molar-refractivity contribution in [2.45, 2.75) is 39.2 Å². The summed E-state index contributed by atoms with van der Waals surface area (Å²) in [5, 5.41) is 3.97. The van der Waals surface area contributed by atoms with Gasteiger partial charge in [-0.05, 0) is 51.0 Å². The van der Waals surface area contributed by atoms with Gasteiger partial charge in [0, 0.05) is 23.8 Å². The minimum atomic E-state index is -0.603. The van der Waals surface area contributed by atoms with Crippen molar-refractivity contribution in [1.82, 2.24) is 19.5 Å². The number of benzene rings is 1. The van der Waals surface area contributed by atoms with Crippen molar-refractivity contribution in [3.63, 3.8) is 0 Å². The van der Waals surface area contributed by atoms with Gasteiger partial charge in [0.25, 0.3) is 11.5 Å². The summed E-state index contributed by atoms with van der Waals surface area (Å²) >= 11 is 1.55. The van der Waals surface area contributed by atoms with Crippen LogP contribution in [0.1, 0.15) is 46.7 Å². The Morgan fingerprint density at radius 3 is 2.80 bits per heavy atom. The molecule has 1 saturated carbocycles. The number of thiazole rings is 1. The Bertz CT molecular complexity index is 1450. The number of rotatable bonds is 4. The summed E-state index contributed by atoms with van der Waals surface area (Å²) in [5.74, 6) is -0.145. The summed E-state index contributed by atoms with van der Waals surface area (Å²) in [6.07, 6.45) is 1.97. The molecule has 152 valence electrons. The molecule has 5 rings (SSSR count). The number of aryl methyl sites for hydroxylation is 2. The molecule has 0 saturated heterocycles. The number of nitrogens with one attached hydrogen (secondary N) is 2. The smallest absolute Gasteiger partial charge is 0.322 e. The number of fused-ring (bicyclic) bond motifs is 2. The minimum absolute atomic E-state index is 0.132. The summed E-state index contributed by atoms with van der Waals surface area (Å²) in [4.78, 5) is 49.4. The highest BCUT2D eigenvalue weighted by Crippen LogP contribution is 2.40. The van der Waals surface area contributed by atoms with E-state index in [0.29, 0.717) is 12.2 Å². The van der Waals surface area contributed by atoms with Crippen LogP contribution in [-0.2, 0) is 6.54 Å². The van der Waals surface area contributed by atoms with Crippen LogP contribution in [0.15, 0.2) is 33.9 Å². The van der Waals surface area contributed by atoms with E-state index in [9.17, 15) is 14.4 Å². The first kappa shape index (κ1) is 18.7. The Kier molecular flexibility index (Phi) is 4.28. The number of H-pyrrole nitrogens is 1. The number of carbonyl (C=O) groups is 1. The van der Waals surface area contributed by atoms with Crippen molar-refractivity contribution in [1.29, 1.82) is 0 Å². The number of pyridine rings is 1. The maximum atomic E-state index is 13.2. The fourth-order valence-corrected chi connectivity index (χ4v) is 4.54. The molecule has 0 unspecified atom stereocenters. The lowest BCUT2D eigenvalue weighted by Crippen LogP contribution is -2.32. The summed E-state index contributed by atoms with van der Waals surface area (Å²) < 4.78 is 2.37. The lowest BCUT2D eigenvalue weighted by atomic mass is 10.1. The molecule has 1 aliphatic rings. The maximum absolute atomic E-state index is 13.2. The average Bonchev–Trinajstić information content (AvgIpc) is 3.48. The van der Waals surface area contributed by atoms with Crippen LogP contribution in [0, 0.1) is 6.92 Å². The van der Waals surface area contributed by atoms with Gasteiger partial charge in [-0.1, -0.05) is 0 Å². The van der Waals surface area contributed by atoms with Crippen LogP contribution in [0.3, 0.4) is 0 Å². The molecule has 0 radical (unpaired) electrons. The number of aromatic amines is 1. The molecule has 1 aliphatic carbocycles. The second kappa shape index (κ2) is 6.88. The van der Waals surface area contributed by atoms with Gasteiger partial charge in [-0.3, -0.25) is 19.1 Å². The molecule has 4 aromatic rings. The zero-order chi connectivity index (χ0) is 21.0. The van der Waals surface area contributed by atoms with Gasteiger partial charge in [0.15, 0.2) is 5.65 Å². The fourth-order valence-electron chi connectivity index (χ4n) is 3.67. The molecule has 2 N–H and O–H groups in total. The normalized spacial score (nSPS) is 13.8. The Hall–Kier alpha value is -3.33. The van der Waals surface area contributed by atoms with Crippen molar-refractivity contribution in [2.24, 2.45) is 0 Å². The molecule has 3 heterocycles. The number of aromatic nitrogens is 4. The number of carbonyl (C=O) groups excluding carboxylic acids is 1. The van der Waals surface area contributed by atoms with E-state index >= 15 is 0 Å². The highest BCUT2D eigenvalue weighted by Gasteiger charge is 2.28. The van der Waals surface area contributed by atoms with Gasteiger partial charge >= 0.3 is 5.69 Å². The Balaban J connectivity index is 1.65. The summed E-state index contributed by atoms with van der Waals surface area (Å²) in [7, 11) is 0. The number of hydrogen-bond donors (Lipinski definition) is 2. The zero-order valence-corrected chi connectivity index (χ0v) is 17.3. The van der Waals surface area contributed by atoms with Gasteiger partial charge in [0.2, 0.25) is 0 Å². The highest BCUT2D eigenvalue weighted by molar-refractivity contribution is 7.18. The predicted octanol–water partition coefficient (Wildman–Crippen LogP) is 3.15. The van der Waals surface area contributed by atoms with Gasteiger partial charge in [0.05, 0.1) is 26.2 Å². The summed E-state index contributed by atoms with van der Waals surface area (Å²) in [5.41, 5.74) is 1.60. The third kappa shape index (κ3) is 3.11. The van der Waals surface area contributed by atoms with E-state index in [1.807, 2.05) is 19.1 Å². The predicted molar refractivity (Wildman–Crippen MR) is 117 cm³/mol. The molecule has 30 heavy (non-hydrogen) atoms. The van der Waals surface area contributed by atoms with Gasteiger partial charge < -0.3 is 5.32 Å². The molecule has 1 aromatic carbocycles. The number of hydrogen-bond acceptors (Lipinski definition) is 6. The topological polar surface area (TPSA) is 110 Å². The van der Waals surface area contributed by atoms with Crippen LogP contribution in [0.2, 0.25) is 0 Å². The van der Waals surface area contributed by atoms with Crippen LogP contribution in [-0.4, -0.2) is 25.4 Å². The molecule has 3 aromatic heterocycles. The van der Waals surface area contributed by atoms with Crippen LogP contribution >= 0.6 is 11.3 Å². The Morgan fingerprint density at radius 2 is 2.07 bits per heavy atom. The quantitative estimate of drug-likeness (QED) is 0.526. The fraction of sp³-hybridized carbons (Fsp3) is 0.286. The molecule has 0 spiro atoms. The number of nitrogens with zero attached hydrogens (tertiary/aromatic N) is 3. The SMILES string of the molecule is CCn1c(=O)[nH]c(=O)c2c(C(=O)Nc3ccc4nc(C)sc4c3)cc(C3CC3)nc21. The first-order valence-corrected chi connectivity index (χ1v) is 10.6. The van der Waals surface area contributed by atoms with E-state index in [1.54, 1.807) is 30.4 Å². The Morgan fingerprint density at radius 1 is 1.27 bits per heavy atom. The van der Waals surface area contributed by atoms with Crippen molar-refractivity contribution in [2.75, 3.05) is 5.32 Å². The lowest BCUT2D eigenvalue weighted by Gasteiger charge is -2.12. The molecule has 0 bridgehead atoms. The van der Waals surface area contributed by atoms with E-state index in [-0.39, 0.29) is 22.5 Å². The highest BCUT2D eigenvalue weighted by atomic mass is 32.1. The maximum Gasteiger partial charge on any atom is 0.329 e. The van der Waals surface area contributed by atoms with Crippen molar-refractivity contribution >= 4 is 44.2 Å². The second-order valence-corrected chi connectivity index (χ2v) is 8.68. The monoisotopic (exact) mass is 421 g/mol. The lowest BCUT2D eigenvalue weighted by molar-refractivity contribution is 0.102. The van der Waals surface area contributed by atoms with E-state index in [0.717, 1.165) is 33.8 Å². The molecular formula is C21H19N5O3S. The van der Waals surface area contributed by atoms with Crippen LogP contribution in [0.4, 0.5) is 5.69 Å². The first-order chi connectivity index (χ1) is 14.4. The third-order valence-corrected chi connectivity index (χ3v) is 6.21.